The van der Waals surface area contributed by atoms with Gasteiger partial charge in [0.2, 0.25) is 0 Å². The molecule has 12 saturated heterocycles. The number of ketones is 1. The number of fused-ring (bicyclic) bond motifs is 12. The van der Waals surface area contributed by atoms with Crippen molar-refractivity contribution in [2.45, 2.75) is 129 Å². The van der Waals surface area contributed by atoms with Gasteiger partial charge in [0.25, 0.3) is 0 Å². The van der Waals surface area contributed by atoms with Crippen LogP contribution in [0.25, 0.3) is 0 Å². The van der Waals surface area contributed by atoms with Crippen LogP contribution in [-0.2, 0) is 46.2 Å². The fourth-order valence-electron chi connectivity index (χ4n) is 10.6. The molecule has 13 nitrogen and oxygen atoms in total. The molecule has 14 rings (SSSR count). The molecule has 2 aromatic rings. The molecule has 71 heavy (non-hydrogen) atoms. The fourth-order valence-corrected chi connectivity index (χ4v) is 10.6. The van der Waals surface area contributed by atoms with Crippen molar-refractivity contribution in [1.82, 2.24) is 19.6 Å². The molecule has 18 heteroatoms. The van der Waals surface area contributed by atoms with Crippen LogP contribution in [0, 0.1) is 23.7 Å². The minimum Gasteiger partial charge on any atom is -0.461 e. The van der Waals surface area contributed by atoms with Crippen molar-refractivity contribution < 1.29 is 51.8 Å². The van der Waals surface area contributed by atoms with Gasteiger partial charge in [-0.3, -0.25) is 29.1 Å². The maximum absolute atomic E-state index is 11.9. The van der Waals surface area contributed by atoms with E-state index in [1.54, 1.807) is 0 Å². The second-order valence-electron chi connectivity index (χ2n) is 19.8. The van der Waals surface area contributed by atoms with E-state index in [9.17, 15) is 24.3 Å². The third kappa shape index (κ3) is 27.2. The number of nitrogens with zero attached hydrogens (tertiary/aromatic N) is 4. The summed E-state index contributed by atoms with van der Waals surface area (Å²) in [4.78, 5) is 52.4. The van der Waals surface area contributed by atoms with Crippen LogP contribution in [0.2, 0.25) is 0 Å². The Kier molecular flexibility index (Phi) is 36.3. The molecule has 12 aliphatic rings. The summed E-state index contributed by atoms with van der Waals surface area (Å²) < 4.78 is 16.2. The molecule has 4 atom stereocenters. The Balaban J connectivity index is 0.000000301. The average Bonchev–Trinajstić information content (AvgIpc) is 3.34. The Morgan fingerprint density at radius 1 is 0.549 bits per heavy atom. The predicted molar refractivity (Wildman–Crippen MR) is 317 cm³/mol. The number of esters is 3. The molecule has 12 aliphatic heterocycles. The van der Waals surface area contributed by atoms with Crippen LogP contribution >= 0.6 is 85.2 Å². The molecule has 0 aromatic heterocycles. The number of aryl methyl sites for hydroxylation is 1. The van der Waals surface area contributed by atoms with Gasteiger partial charge in [-0.2, -0.15) is 0 Å². The van der Waals surface area contributed by atoms with Gasteiger partial charge in [0, 0.05) is 46.4 Å². The number of piperidine rings is 12. The third-order valence-corrected chi connectivity index (χ3v) is 14.3. The van der Waals surface area contributed by atoms with E-state index in [2.05, 4.69) is 81.1 Å². The van der Waals surface area contributed by atoms with E-state index in [-0.39, 0.29) is 96.1 Å². The van der Waals surface area contributed by atoms with Gasteiger partial charge >= 0.3 is 68.4 Å². The smallest absolute Gasteiger partial charge is 0.306 e. The molecule has 8 bridgehead atoms. The number of halogens is 5. The predicted octanol–water partition coefficient (Wildman–Crippen LogP) is 5.80. The number of benzene rings is 2. The van der Waals surface area contributed by atoms with E-state index in [4.69, 9.17) is 19.9 Å². The Bertz CT molecular complexity index is 1700. The molecule has 406 valence electrons. The number of ether oxygens (including phenoxy) is 3. The van der Waals surface area contributed by atoms with Crippen LogP contribution in [0.1, 0.15) is 103 Å². The standard InChI is InChI=1S/C17H23NO2.2C9H15NO2.C8H11N.C7H13NO.C3H6O.I3.2HI/c19-17(8-4-7-14-5-2-1-3-6-14)20-16-13-18-11-9-15(16)10-12-18;2*1-7(11)12-9-6-10-4-2-8(9)3-5-10;9-7-6-8-4-2-1-3-5-8;9-7-5-8-3-1-6(7)2-4-8;1-3(2)4;1-3-2;;/h1-3,5-6,15-16H,4,7-13H2;2*8-9H,2-6H2,1H3;1-5H,6-7,9H2;6-7,9H,1-5H2;1-2H3;;2*1H/q;;;;;;-1;;/t16-;2*9-;;7-;;;;/m000.0..../s1. The quantitative estimate of drug-likeness (QED) is 0.177. The van der Waals surface area contributed by atoms with Gasteiger partial charge in [-0.1, -0.05) is 60.7 Å². The first kappa shape index (κ1) is 67.0. The zero-order valence-corrected chi connectivity index (χ0v) is 53.8. The number of aliphatic hydroxyl groups excluding tert-OH is 1. The second-order valence-corrected chi connectivity index (χ2v) is 36.0. The molecule has 12 heterocycles. The zero-order valence-electron chi connectivity index (χ0n) is 42.7. The Hall–Kier alpha value is -0.0700. The van der Waals surface area contributed by atoms with Gasteiger partial charge < -0.3 is 34.7 Å². The van der Waals surface area contributed by atoms with Crippen LogP contribution in [-0.4, -0.2) is 158 Å². The topological polar surface area (TPSA) is 155 Å². The Labute approximate surface area is 490 Å². The number of carbonyl (C=O) groups is 4. The number of hydrogen-bond acceptors (Lipinski definition) is 13. The van der Waals surface area contributed by atoms with Gasteiger partial charge in [0.05, 0.1) is 6.10 Å². The van der Waals surface area contributed by atoms with Gasteiger partial charge in [-0.25, -0.2) is 0 Å². The van der Waals surface area contributed by atoms with Crippen molar-refractivity contribution in [2.24, 2.45) is 29.4 Å². The molecule has 3 N–H and O–H groups in total. The van der Waals surface area contributed by atoms with E-state index in [1.807, 2.05) is 36.4 Å². The summed E-state index contributed by atoms with van der Waals surface area (Å²) in [5.74, 6) is 2.41. The fraction of sp³-hybridized carbons (Fsp3) is 0.698. The molecule has 12 fully saturated rings. The molecule has 0 radical (unpaired) electrons. The summed E-state index contributed by atoms with van der Waals surface area (Å²) in [6.07, 6.45) is 13.5. The second kappa shape index (κ2) is 38.5. The largest absolute Gasteiger partial charge is 0.461 e. The van der Waals surface area contributed by atoms with Crippen LogP contribution in [0.15, 0.2) is 60.7 Å². The molecule has 2 aromatic carbocycles. The number of Topliss-reactive ketones (excluding diaryl/α,β-unsaturated/α-hetero) is 1. The first-order valence-corrected chi connectivity index (χ1v) is 38.1. The maximum atomic E-state index is 11.9. The van der Waals surface area contributed by atoms with E-state index in [0.717, 1.165) is 52.0 Å². The van der Waals surface area contributed by atoms with E-state index in [1.165, 1.54) is 143 Å². The summed E-state index contributed by atoms with van der Waals surface area (Å²) in [5, 5.41) is 9.36. The van der Waals surface area contributed by atoms with Gasteiger partial charge in [0.1, 0.15) is 24.1 Å². The number of carbonyl (C=O) groups excluding carboxylic acids is 4. The van der Waals surface area contributed by atoms with Crippen LogP contribution in [0.4, 0.5) is 0 Å². The van der Waals surface area contributed by atoms with Crippen molar-refractivity contribution in [1.29, 1.82) is 0 Å². The number of nitrogens with two attached hydrogens (primary N) is 1. The Morgan fingerprint density at radius 3 is 1.11 bits per heavy atom. The monoisotopic (exact) mass is 1550 g/mol. The number of rotatable bonds is 9. The summed E-state index contributed by atoms with van der Waals surface area (Å²) in [5.41, 5.74) is 7.97. The Morgan fingerprint density at radius 2 is 0.859 bits per heavy atom. The SMILES string of the molecule is CC(=O)O[C@H]1CN2CCC1CC2.CC(=O)O[C@H]1CN2CCC1CC2.CC(C)=O.I.I.I[I-]I.NCCc1ccccc1.O=C(CCCc1ccccc1)O[C@H]1CN2CCC1CC2.O[C@H]1CN2CCC1CC2. The van der Waals surface area contributed by atoms with E-state index >= 15 is 0 Å². The number of aliphatic hydroxyl groups is 1. The summed E-state index contributed by atoms with van der Waals surface area (Å²) in [6, 6.07) is 20.6. The molecule has 0 unspecified atom stereocenters. The van der Waals surface area contributed by atoms with Gasteiger partial charge in [0.15, 0.2) is 0 Å². The normalized spacial score (nSPS) is 29.5. The van der Waals surface area contributed by atoms with Crippen molar-refractivity contribution >= 4 is 109 Å². The van der Waals surface area contributed by atoms with Crippen LogP contribution in [0.5, 0.6) is 0 Å². The third-order valence-electron chi connectivity index (χ3n) is 14.3. The van der Waals surface area contributed by atoms with Crippen LogP contribution < -0.4 is 19.0 Å². The average molecular weight is 1550 g/mol. The first-order valence-electron chi connectivity index (χ1n) is 25.5. The van der Waals surface area contributed by atoms with E-state index < -0.39 is 0 Å². The van der Waals surface area contributed by atoms with Gasteiger partial charge in [-0.15, -0.1) is 48.0 Å². The van der Waals surface area contributed by atoms with Crippen molar-refractivity contribution in [2.75, 3.05) is 85.1 Å². The molecular formula is C53H85I5N5O8-. The minimum atomic E-state index is -0.131. The summed E-state index contributed by atoms with van der Waals surface area (Å²) >= 11 is 5.30. The molecule has 0 saturated carbocycles. The van der Waals surface area contributed by atoms with Gasteiger partial charge in [-0.05, 0) is 178 Å². The summed E-state index contributed by atoms with van der Waals surface area (Å²) in [7, 11) is 0. The van der Waals surface area contributed by atoms with Crippen LogP contribution in [0.3, 0.4) is 0 Å². The molecule has 0 aliphatic carbocycles. The maximum Gasteiger partial charge on any atom is 0.306 e. The molecule has 0 spiro atoms. The van der Waals surface area contributed by atoms with Crippen molar-refractivity contribution in [3.8, 4) is 0 Å². The summed E-state index contributed by atoms with van der Waals surface area (Å²) in [6.45, 7) is 20.2. The van der Waals surface area contributed by atoms with Crippen molar-refractivity contribution in [3.05, 3.63) is 71.8 Å². The zero-order chi connectivity index (χ0) is 50.0. The number of hydrogen-bond donors (Lipinski definition) is 2. The first-order chi connectivity index (χ1) is 33.3. The minimum absolute atomic E-state index is 0. The molecule has 0 amide bonds. The molecular weight excluding hydrogens is 1470 g/mol. The van der Waals surface area contributed by atoms with E-state index in [0.29, 0.717) is 43.3 Å². The van der Waals surface area contributed by atoms with Crippen molar-refractivity contribution in [3.63, 3.8) is 0 Å².